The number of hydrogen-bond donors (Lipinski definition) is 2. The Morgan fingerprint density at radius 1 is 1.14 bits per heavy atom. The summed E-state index contributed by atoms with van der Waals surface area (Å²) in [5.41, 5.74) is 0.915. The Kier molecular flexibility index (Phi) is 7.23. The molecule has 4 aromatic rings. The van der Waals surface area contributed by atoms with Gasteiger partial charge < -0.3 is 24.5 Å². The van der Waals surface area contributed by atoms with Crippen LogP contribution in [0.5, 0.6) is 11.5 Å². The molecule has 12 heteroatoms. The number of H-pyrrole nitrogens is 1. The van der Waals surface area contributed by atoms with Gasteiger partial charge in [0, 0.05) is 6.54 Å². The quantitative estimate of drug-likeness (QED) is 0.337. The Hall–Kier alpha value is -4.74. The zero-order valence-corrected chi connectivity index (χ0v) is 19.4. The first-order chi connectivity index (χ1) is 17.4. The highest BCUT2D eigenvalue weighted by Gasteiger charge is 2.15. The lowest BCUT2D eigenvalue weighted by atomic mass is 10.2. The van der Waals surface area contributed by atoms with Crippen LogP contribution in [0.15, 0.2) is 53.5 Å². The van der Waals surface area contributed by atoms with Crippen LogP contribution in [-0.2, 0) is 17.8 Å². The number of aromatic amines is 1. The fraction of sp³-hybridized carbons (Fsp3) is 0.208. The molecule has 2 aromatic carbocycles. The number of fused-ring (bicyclic) bond motifs is 1. The Balaban J connectivity index is 1.39. The molecular weight excluding hydrogens is 473 g/mol. The minimum absolute atomic E-state index is 0.0595. The molecule has 0 spiro atoms. The maximum atomic E-state index is 13.6. The van der Waals surface area contributed by atoms with Crippen molar-refractivity contribution in [3.8, 4) is 11.5 Å². The molecule has 0 bridgehead atoms. The van der Waals surface area contributed by atoms with Crippen molar-refractivity contribution in [2.24, 2.45) is 0 Å². The van der Waals surface area contributed by atoms with Gasteiger partial charge >= 0.3 is 5.97 Å². The normalized spacial score (nSPS) is 10.8. The molecule has 0 aliphatic rings. The number of aromatic nitrogens is 4. The predicted molar refractivity (Wildman–Crippen MR) is 126 cm³/mol. The highest BCUT2D eigenvalue weighted by atomic mass is 19.1. The second kappa shape index (κ2) is 10.7. The van der Waals surface area contributed by atoms with E-state index in [-0.39, 0.29) is 42.3 Å². The van der Waals surface area contributed by atoms with Crippen LogP contribution in [0.1, 0.15) is 26.5 Å². The standard InChI is InChI=1S/C24H22FN5O6/c1-34-19-11-14(3-8-17(19)25)12-26-23(32)21-28-18-13-27-30(20(18)22(31)29-21)9-10-36-16-6-4-15(5-7-16)24(33)35-2/h3-8,11,13H,9-10,12H2,1-2H3,(H,26,32)(H,28,29,31). The van der Waals surface area contributed by atoms with Crippen LogP contribution in [-0.4, -0.2) is 52.5 Å². The van der Waals surface area contributed by atoms with Gasteiger partial charge in [-0.15, -0.1) is 0 Å². The summed E-state index contributed by atoms with van der Waals surface area (Å²) in [5, 5.41) is 6.79. The number of ether oxygens (including phenoxy) is 3. The molecule has 0 atom stereocenters. The van der Waals surface area contributed by atoms with Gasteiger partial charge in [-0.25, -0.2) is 14.2 Å². The van der Waals surface area contributed by atoms with Gasteiger partial charge in [-0.3, -0.25) is 14.3 Å². The third-order valence-corrected chi connectivity index (χ3v) is 5.23. The molecule has 0 aliphatic carbocycles. The highest BCUT2D eigenvalue weighted by Crippen LogP contribution is 2.18. The summed E-state index contributed by atoms with van der Waals surface area (Å²) in [4.78, 5) is 43.4. The minimum atomic E-state index is -0.608. The third kappa shape index (κ3) is 5.32. The fourth-order valence-electron chi connectivity index (χ4n) is 3.42. The van der Waals surface area contributed by atoms with Gasteiger partial charge in [0.25, 0.3) is 11.5 Å². The van der Waals surface area contributed by atoms with Gasteiger partial charge in [0.2, 0.25) is 0 Å². The zero-order chi connectivity index (χ0) is 25.7. The van der Waals surface area contributed by atoms with Crippen molar-refractivity contribution < 1.29 is 28.2 Å². The number of methoxy groups -OCH3 is 2. The van der Waals surface area contributed by atoms with E-state index in [2.05, 4.69) is 25.1 Å². The second-order valence-electron chi connectivity index (χ2n) is 7.53. The molecule has 0 unspecified atom stereocenters. The number of rotatable bonds is 9. The summed E-state index contributed by atoms with van der Waals surface area (Å²) in [7, 11) is 2.65. The molecule has 1 amide bonds. The summed E-state index contributed by atoms with van der Waals surface area (Å²) in [5.74, 6) is -1.15. The number of carbonyl (C=O) groups excluding carboxylic acids is 2. The van der Waals surface area contributed by atoms with Crippen molar-refractivity contribution >= 4 is 22.9 Å². The van der Waals surface area contributed by atoms with E-state index in [1.54, 1.807) is 24.3 Å². The summed E-state index contributed by atoms with van der Waals surface area (Å²) in [6.07, 6.45) is 1.39. The molecule has 0 aliphatic heterocycles. The Bertz CT molecular complexity index is 1460. The Morgan fingerprint density at radius 3 is 2.64 bits per heavy atom. The van der Waals surface area contributed by atoms with Crippen LogP contribution in [0.4, 0.5) is 4.39 Å². The van der Waals surface area contributed by atoms with E-state index in [0.29, 0.717) is 16.9 Å². The van der Waals surface area contributed by atoms with Crippen LogP contribution < -0.4 is 20.3 Å². The number of benzene rings is 2. The summed E-state index contributed by atoms with van der Waals surface area (Å²) in [6, 6.07) is 10.6. The van der Waals surface area contributed by atoms with E-state index in [0.717, 1.165) is 0 Å². The maximum Gasteiger partial charge on any atom is 0.337 e. The lowest BCUT2D eigenvalue weighted by Gasteiger charge is -2.08. The van der Waals surface area contributed by atoms with Gasteiger partial charge in [-0.05, 0) is 42.0 Å². The van der Waals surface area contributed by atoms with Crippen molar-refractivity contribution in [3.63, 3.8) is 0 Å². The Morgan fingerprint density at radius 2 is 1.92 bits per heavy atom. The van der Waals surface area contributed by atoms with Gasteiger partial charge in [0.15, 0.2) is 22.9 Å². The first-order valence-electron chi connectivity index (χ1n) is 10.8. The number of nitrogens with one attached hydrogen (secondary N) is 2. The molecule has 2 aromatic heterocycles. The molecule has 186 valence electrons. The number of nitrogens with zero attached hydrogens (tertiary/aromatic N) is 3. The largest absolute Gasteiger partial charge is 0.494 e. The van der Waals surface area contributed by atoms with Gasteiger partial charge in [-0.1, -0.05) is 6.07 Å². The second-order valence-corrected chi connectivity index (χ2v) is 7.53. The average Bonchev–Trinajstić information content (AvgIpc) is 3.31. The van der Waals surface area contributed by atoms with E-state index in [1.807, 2.05) is 0 Å². The summed E-state index contributed by atoms with van der Waals surface area (Å²) < 4.78 is 30.2. The molecule has 11 nitrogen and oxygen atoms in total. The topological polar surface area (TPSA) is 137 Å². The van der Waals surface area contributed by atoms with Crippen molar-refractivity contribution in [2.45, 2.75) is 13.1 Å². The van der Waals surface area contributed by atoms with Crippen molar-refractivity contribution in [1.82, 2.24) is 25.1 Å². The third-order valence-electron chi connectivity index (χ3n) is 5.23. The van der Waals surface area contributed by atoms with Crippen LogP contribution in [0.3, 0.4) is 0 Å². The monoisotopic (exact) mass is 495 g/mol. The molecule has 36 heavy (non-hydrogen) atoms. The molecule has 2 heterocycles. The van der Waals surface area contributed by atoms with E-state index in [9.17, 15) is 18.8 Å². The predicted octanol–water partition coefficient (Wildman–Crippen LogP) is 2.06. The average molecular weight is 495 g/mol. The first kappa shape index (κ1) is 24.4. The SMILES string of the molecule is COC(=O)c1ccc(OCCn2ncc3nc(C(=O)NCc4ccc(F)c(OC)c4)[nH]c(=O)c32)cc1. The van der Waals surface area contributed by atoms with E-state index < -0.39 is 23.3 Å². The number of halogens is 1. The van der Waals surface area contributed by atoms with E-state index in [4.69, 9.17) is 9.47 Å². The molecule has 0 saturated carbocycles. The molecule has 2 N–H and O–H groups in total. The zero-order valence-electron chi connectivity index (χ0n) is 19.4. The van der Waals surface area contributed by atoms with E-state index >= 15 is 0 Å². The van der Waals surface area contributed by atoms with Crippen LogP contribution >= 0.6 is 0 Å². The number of esters is 1. The summed E-state index contributed by atoms with van der Waals surface area (Å²) in [6.45, 7) is 0.510. The molecule has 0 fully saturated rings. The number of carbonyl (C=O) groups is 2. The van der Waals surface area contributed by atoms with Crippen LogP contribution in [0, 0.1) is 5.82 Å². The molecular formula is C24H22FN5O6. The first-order valence-corrected chi connectivity index (χ1v) is 10.8. The van der Waals surface area contributed by atoms with Gasteiger partial charge in [-0.2, -0.15) is 5.10 Å². The fourth-order valence-corrected chi connectivity index (χ4v) is 3.42. The van der Waals surface area contributed by atoms with Gasteiger partial charge in [0.05, 0.1) is 32.5 Å². The lowest BCUT2D eigenvalue weighted by molar-refractivity contribution is 0.0600. The lowest BCUT2D eigenvalue weighted by Crippen LogP contribution is -2.28. The molecule has 0 saturated heterocycles. The van der Waals surface area contributed by atoms with Gasteiger partial charge in [0.1, 0.15) is 17.9 Å². The maximum absolute atomic E-state index is 13.6. The van der Waals surface area contributed by atoms with Crippen LogP contribution in [0.25, 0.3) is 11.0 Å². The summed E-state index contributed by atoms with van der Waals surface area (Å²) >= 11 is 0. The molecule has 4 rings (SSSR count). The Labute approximate surface area is 203 Å². The molecule has 0 radical (unpaired) electrons. The number of amides is 1. The van der Waals surface area contributed by atoms with Crippen molar-refractivity contribution in [1.29, 1.82) is 0 Å². The smallest absolute Gasteiger partial charge is 0.337 e. The van der Waals surface area contributed by atoms with E-state index in [1.165, 1.54) is 43.3 Å². The van der Waals surface area contributed by atoms with Crippen molar-refractivity contribution in [3.05, 3.63) is 81.8 Å². The van der Waals surface area contributed by atoms with Crippen LogP contribution in [0.2, 0.25) is 0 Å². The van der Waals surface area contributed by atoms with Crippen molar-refractivity contribution in [2.75, 3.05) is 20.8 Å². The minimum Gasteiger partial charge on any atom is -0.494 e. The number of hydrogen-bond acceptors (Lipinski definition) is 8. The highest BCUT2D eigenvalue weighted by molar-refractivity contribution is 5.92.